The average Bonchev–Trinajstić information content (AvgIpc) is 2.79. The number of ketones is 1. The van der Waals surface area contributed by atoms with E-state index in [9.17, 15) is 4.79 Å². The first kappa shape index (κ1) is 13.3. The Morgan fingerprint density at radius 2 is 2.22 bits per heavy atom. The maximum Gasteiger partial charge on any atom is 0.183 e. The summed E-state index contributed by atoms with van der Waals surface area (Å²) in [6.07, 6.45) is 5.84. The number of hydrogen-bond donors (Lipinski definition) is 0. The highest BCUT2D eigenvalue weighted by Crippen LogP contribution is 2.33. The van der Waals surface area contributed by atoms with Gasteiger partial charge in [-0.1, -0.05) is 26.2 Å². The largest absolute Gasteiger partial charge is 0.292 e. The van der Waals surface area contributed by atoms with Gasteiger partial charge in [0.25, 0.3) is 0 Å². The number of carbonyl (C=O) groups is 1. The number of aromatic nitrogens is 2. The van der Waals surface area contributed by atoms with Crippen LogP contribution in [-0.4, -0.2) is 15.6 Å². The summed E-state index contributed by atoms with van der Waals surface area (Å²) in [6, 6.07) is 1.95. The van der Waals surface area contributed by atoms with E-state index in [4.69, 9.17) is 0 Å². The third-order valence-corrected chi connectivity index (χ3v) is 4.19. The number of Topliss-reactive ketones (excluding diaryl/α,β-unsaturated/α-hetero) is 1. The fourth-order valence-corrected chi connectivity index (χ4v) is 3.09. The molecule has 3 nitrogen and oxygen atoms in total. The van der Waals surface area contributed by atoms with Gasteiger partial charge in [-0.3, -0.25) is 9.48 Å². The van der Waals surface area contributed by atoms with Crippen LogP contribution in [0.4, 0.5) is 0 Å². The molecule has 2 atom stereocenters. The third kappa shape index (κ3) is 2.65. The minimum absolute atomic E-state index is 0.227. The van der Waals surface area contributed by atoms with E-state index in [1.807, 2.05) is 24.6 Å². The van der Waals surface area contributed by atoms with Crippen LogP contribution < -0.4 is 0 Å². The van der Waals surface area contributed by atoms with Gasteiger partial charge in [-0.05, 0) is 38.7 Å². The molecule has 0 bridgehead atoms. The van der Waals surface area contributed by atoms with Crippen LogP contribution in [0.2, 0.25) is 0 Å². The Bertz CT molecular complexity index is 422. The average molecular weight is 248 g/mol. The number of rotatable bonds is 4. The number of hydrogen-bond acceptors (Lipinski definition) is 2. The summed E-state index contributed by atoms with van der Waals surface area (Å²) in [5, 5.41) is 4.38. The summed E-state index contributed by atoms with van der Waals surface area (Å²) in [4.78, 5) is 12.6. The number of nitrogens with zero attached hydrogens (tertiary/aromatic N) is 2. The van der Waals surface area contributed by atoms with Crippen LogP contribution >= 0.6 is 0 Å². The fraction of sp³-hybridized carbons (Fsp3) is 0.733. The Labute approximate surface area is 110 Å². The normalized spacial score (nSPS) is 24.2. The highest BCUT2D eigenvalue weighted by molar-refractivity contribution is 5.96. The van der Waals surface area contributed by atoms with Gasteiger partial charge in [0.1, 0.15) is 5.69 Å². The van der Waals surface area contributed by atoms with Crippen molar-refractivity contribution in [3.05, 3.63) is 17.5 Å². The van der Waals surface area contributed by atoms with Crippen molar-refractivity contribution >= 4 is 5.78 Å². The SMILES string of the molecule is CCC1CCCC(C(=O)c2cc(C)nn2CC)C1. The maximum atomic E-state index is 12.6. The molecular formula is C15H24N2O. The van der Waals surface area contributed by atoms with Crippen molar-refractivity contribution in [3.8, 4) is 0 Å². The van der Waals surface area contributed by atoms with Gasteiger partial charge >= 0.3 is 0 Å². The Morgan fingerprint density at radius 3 is 2.89 bits per heavy atom. The fourth-order valence-electron chi connectivity index (χ4n) is 3.09. The molecule has 2 rings (SSSR count). The van der Waals surface area contributed by atoms with Crippen molar-refractivity contribution in [2.24, 2.45) is 11.8 Å². The minimum atomic E-state index is 0.227. The second kappa shape index (κ2) is 5.68. The van der Waals surface area contributed by atoms with E-state index in [0.717, 1.165) is 36.7 Å². The van der Waals surface area contributed by atoms with Crippen LogP contribution in [0, 0.1) is 18.8 Å². The molecule has 0 aromatic carbocycles. The van der Waals surface area contributed by atoms with E-state index in [2.05, 4.69) is 12.0 Å². The summed E-state index contributed by atoms with van der Waals surface area (Å²) >= 11 is 0. The molecule has 0 amide bonds. The number of aryl methyl sites for hydroxylation is 2. The lowest BCUT2D eigenvalue weighted by atomic mass is 9.77. The highest BCUT2D eigenvalue weighted by atomic mass is 16.1. The molecule has 1 heterocycles. The minimum Gasteiger partial charge on any atom is -0.292 e. The predicted octanol–water partition coefficient (Wildman–Crippen LogP) is 3.61. The molecule has 1 aromatic heterocycles. The van der Waals surface area contributed by atoms with Gasteiger partial charge in [0.2, 0.25) is 0 Å². The van der Waals surface area contributed by atoms with Gasteiger partial charge in [0.15, 0.2) is 5.78 Å². The molecule has 18 heavy (non-hydrogen) atoms. The van der Waals surface area contributed by atoms with Crippen molar-refractivity contribution in [2.45, 2.75) is 59.4 Å². The quantitative estimate of drug-likeness (QED) is 0.763. The molecule has 1 aromatic rings. The highest BCUT2D eigenvalue weighted by Gasteiger charge is 2.28. The van der Waals surface area contributed by atoms with Crippen molar-refractivity contribution in [2.75, 3.05) is 0 Å². The molecule has 1 aliphatic rings. The zero-order chi connectivity index (χ0) is 13.1. The molecule has 1 aliphatic carbocycles. The Hall–Kier alpha value is -1.12. The van der Waals surface area contributed by atoms with E-state index in [1.54, 1.807) is 0 Å². The smallest absolute Gasteiger partial charge is 0.183 e. The van der Waals surface area contributed by atoms with Gasteiger partial charge in [0, 0.05) is 12.5 Å². The zero-order valence-electron chi connectivity index (χ0n) is 11.8. The van der Waals surface area contributed by atoms with Crippen molar-refractivity contribution < 1.29 is 4.79 Å². The Morgan fingerprint density at radius 1 is 1.44 bits per heavy atom. The van der Waals surface area contributed by atoms with E-state index in [1.165, 1.54) is 19.3 Å². The molecule has 0 aliphatic heterocycles. The summed E-state index contributed by atoms with van der Waals surface area (Å²) in [5.41, 5.74) is 1.76. The lowest BCUT2D eigenvalue weighted by Crippen LogP contribution is -2.24. The molecule has 0 radical (unpaired) electrons. The Kier molecular flexibility index (Phi) is 4.20. The topological polar surface area (TPSA) is 34.9 Å². The molecule has 0 spiro atoms. The third-order valence-electron chi connectivity index (χ3n) is 4.19. The molecule has 1 fully saturated rings. The first-order chi connectivity index (χ1) is 8.65. The van der Waals surface area contributed by atoms with E-state index < -0.39 is 0 Å². The van der Waals surface area contributed by atoms with Crippen LogP contribution in [0.15, 0.2) is 6.07 Å². The molecule has 1 saturated carbocycles. The second-order valence-electron chi connectivity index (χ2n) is 5.49. The van der Waals surface area contributed by atoms with Gasteiger partial charge in [-0.15, -0.1) is 0 Å². The standard InChI is InChI=1S/C15H24N2O/c1-4-12-7-6-8-13(10-12)15(18)14-9-11(3)16-17(14)5-2/h9,12-13H,4-8,10H2,1-3H3. The van der Waals surface area contributed by atoms with Gasteiger partial charge in [0.05, 0.1) is 5.69 Å². The van der Waals surface area contributed by atoms with Crippen LogP contribution in [0.1, 0.15) is 62.1 Å². The zero-order valence-corrected chi connectivity index (χ0v) is 11.8. The Balaban J connectivity index is 2.14. The maximum absolute atomic E-state index is 12.6. The van der Waals surface area contributed by atoms with E-state index in [-0.39, 0.29) is 5.92 Å². The second-order valence-corrected chi connectivity index (χ2v) is 5.49. The monoisotopic (exact) mass is 248 g/mol. The van der Waals surface area contributed by atoms with Gasteiger partial charge in [-0.2, -0.15) is 5.10 Å². The summed E-state index contributed by atoms with van der Waals surface area (Å²) in [7, 11) is 0. The number of carbonyl (C=O) groups excluding carboxylic acids is 1. The lowest BCUT2D eigenvalue weighted by molar-refractivity contribution is 0.0850. The molecule has 100 valence electrons. The van der Waals surface area contributed by atoms with Gasteiger partial charge < -0.3 is 0 Å². The molecule has 3 heteroatoms. The lowest BCUT2D eigenvalue weighted by Gasteiger charge is -2.27. The van der Waals surface area contributed by atoms with Gasteiger partial charge in [-0.25, -0.2) is 0 Å². The molecule has 0 N–H and O–H groups in total. The summed E-state index contributed by atoms with van der Waals surface area (Å²) in [6.45, 7) is 7.01. The van der Waals surface area contributed by atoms with Crippen LogP contribution in [0.3, 0.4) is 0 Å². The molecule has 2 unspecified atom stereocenters. The summed E-state index contributed by atoms with van der Waals surface area (Å²) < 4.78 is 1.85. The van der Waals surface area contributed by atoms with Crippen LogP contribution in [0.25, 0.3) is 0 Å². The first-order valence-corrected chi connectivity index (χ1v) is 7.24. The predicted molar refractivity (Wildman–Crippen MR) is 72.7 cm³/mol. The molecular weight excluding hydrogens is 224 g/mol. The first-order valence-electron chi connectivity index (χ1n) is 7.24. The van der Waals surface area contributed by atoms with Crippen molar-refractivity contribution in [3.63, 3.8) is 0 Å². The van der Waals surface area contributed by atoms with Crippen molar-refractivity contribution in [1.82, 2.24) is 9.78 Å². The van der Waals surface area contributed by atoms with E-state index >= 15 is 0 Å². The van der Waals surface area contributed by atoms with E-state index in [0.29, 0.717) is 5.78 Å². The molecule has 0 saturated heterocycles. The summed E-state index contributed by atoms with van der Waals surface area (Å²) in [5.74, 6) is 1.28. The van der Waals surface area contributed by atoms with Crippen LogP contribution in [0.5, 0.6) is 0 Å². The van der Waals surface area contributed by atoms with Crippen LogP contribution in [-0.2, 0) is 6.54 Å². The van der Waals surface area contributed by atoms with Crippen molar-refractivity contribution in [1.29, 1.82) is 0 Å².